The maximum atomic E-state index is 5.80. The summed E-state index contributed by atoms with van der Waals surface area (Å²) >= 11 is 0. The number of likely N-dealkylation sites (N-methyl/N-ethyl adjacent to an activating group) is 1. The summed E-state index contributed by atoms with van der Waals surface area (Å²) in [5.74, 6) is 0.785. The smallest absolute Gasteiger partial charge is 0.0213 e. The lowest BCUT2D eigenvalue weighted by Crippen LogP contribution is -2.42. The molecule has 12 heavy (non-hydrogen) atoms. The highest BCUT2D eigenvalue weighted by molar-refractivity contribution is 4.72. The van der Waals surface area contributed by atoms with Crippen molar-refractivity contribution in [2.45, 2.75) is 46.2 Å². The van der Waals surface area contributed by atoms with Gasteiger partial charge in [-0.05, 0) is 39.8 Å². The third-order valence-corrected chi connectivity index (χ3v) is 2.52. The Kier molecular flexibility index (Phi) is 5.51. The summed E-state index contributed by atoms with van der Waals surface area (Å²) in [6.45, 7) is 9.91. The number of hydrogen-bond acceptors (Lipinski definition) is 2. The van der Waals surface area contributed by atoms with Crippen molar-refractivity contribution in [2.75, 3.05) is 13.6 Å². The Balaban J connectivity index is 3.64. The van der Waals surface area contributed by atoms with Gasteiger partial charge in [0.25, 0.3) is 0 Å². The Morgan fingerprint density at radius 3 is 2.00 bits per heavy atom. The van der Waals surface area contributed by atoms with E-state index in [9.17, 15) is 0 Å². The van der Waals surface area contributed by atoms with E-state index in [1.54, 1.807) is 0 Å². The standard InChI is InChI=1S/C10H24N2/c1-8(2)6-7-12(5)10(4)9(3)11/h8-10H,6-7,11H2,1-5H3. The first-order valence-corrected chi connectivity index (χ1v) is 4.91. The zero-order chi connectivity index (χ0) is 9.72. The summed E-state index contributed by atoms with van der Waals surface area (Å²) in [5, 5.41) is 0. The minimum atomic E-state index is 0.266. The van der Waals surface area contributed by atoms with Gasteiger partial charge in [-0.15, -0.1) is 0 Å². The van der Waals surface area contributed by atoms with Crippen LogP contribution < -0.4 is 5.73 Å². The number of nitrogens with two attached hydrogens (primary N) is 1. The van der Waals surface area contributed by atoms with E-state index in [2.05, 4.69) is 39.6 Å². The van der Waals surface area contributed by atoms with Crippen molar-refractivity contribution < 1.29 is 0 Å². The van der Waals surface area contributed by atoms with E-state index in [0.29, 0.717) is 6.04 Å². The highest BCUT2D eigenvalue weighted by Crippen LogP contribution is 2.05. The molecule has 0 aromatic carbocycles. The zero-order valence-corrected chi connectivity index (χ0v) is 9.17. The molecule has 0 aromatic rings. The van der Waals surface area contributed by atoms with Crippen molar-refractivity contribution in [2.24, 2.45) is 11.7 Å². The first-order valence-electron chi connectivity index (χ1n) is 4.91. The van der Waals surface area contributed by atoms with Gasteiger partial charge < -0.3 is 10.6 Å². The fourth-order valence-corrected chi connectivity index (χ4v) is 1.07. The summed E-state index contributed by atoms with van der Waals surface area (Å²) in [7, 11) is 2.15. The third-order valence-electron chi connectivity index (χ3n) is 2.52. The first-order chi connectivity index (χ1) is 5.45. The van der Waals surface area contributed by atoms with E-state index >= 15 is 0 Å². The third kappa shape index (κ3) is 4.73. The van der Waals surface area contributed by atoms with Gasteiger partial charge >= 0.3 is 0 Å². The molecule has 0 saturated heterocycles. The molecule has 0 radical (unpaired) electrons. The molecule has 2 unspecified atom stereocenters. The van der Waals surface area contributed by atoms with Crippen LogP contribution in [0, 0.1) is 5.92 Å². The molecule has 2 atom stereocenters. The molecule has 0 saturated carbocycles. The lowest BCUT2D eigenvalue weighted by Gasteiger charge is -2.28. The van der Waals surface area contributed by atoms with Gasteiger partial charge in [0.15, 0.2) is 0 Å². The molecule has 0 amide bonds. The van der Waals surface area contributed by atoms with Crippen LogP contribution in [0.15, 0.2) is 0 Å². The van der Waals surface area contributed by atoms with Gasteiger partial charge in [-0.2, -0.15) is 0 Å². The lowest BCUT2D eigenvalue weighted by molar-refractivity contribution is 0.221. The topological polar surface area (TPSA) is 29.3 Å². The van der Waals surface area contributed by atoms with Crippen LogP contribution in [0.5, 0.6) is 0 Å². The average Bonchev–Trinajstić information content (AvgIpc) is 1.98. The summed E-state index contributed by atoms with van der Waals surface area (Å²) in [4.78, 5) is 2.34. The fourth-order valence-electron chi connectivity index (χ4n) is 1.07. The average molecular weight is 172 g/mol. The van der Waals surface area contributed by atoms with Crippen LogP contribution in [0.25, 0.3) is 0 Å². The molecule has 0 aromatic heterocycles. The Labute approximate surface area is 77.1 Å². The van der Waals surface area contributed by atoms with Crippen LogP contribution in [0.2, 0.25) is 0 Å². The first kappa shape index (κ1) is 11.9. The highest BCUT2D eigenvalue weighted by Gasteiger charge is 2.12. The quantitative estimate of drug-likeness (QED) is 0.684. The van der Waals surface area contributed by atoms with Crippen LogP contribution in [-0.2, 0) is 0 Å². The number of hydrogen-bond donors (Lipinski definition) is 1. The fraction of sp³-hybridized carbons (Fsp3) is 1.00. The molecule has 0 fully saturated rings. The molecular formula is C10H24N2. The molecule has 0 rings (SSSR count). The van der Waals surface area contributed by atoms with E-state index in [0.717, 1.165) is 12.5 Å². The van der Waals surface area contributed by atoms with Crippen LogP contribution in [-0.4, -0.2) is 30.6 Å². The normalized spacial score (nSPS) is 17.0. The van der Waals surface area contributed by atoms with Crippen molar-refractivity contribution in [1.29, 1.82) is 0 Å². The van der Waals surface area contributed by atoms with Gasteiger partial charge in [-0.1, -0.05) is 13.8 Å². The molecule has 2 heteroatoms. The van der Waals surface area contributed by atoms with Gasteiger partial charge in [-0.3, -0.25) is 0 Å². The van der Waals surface area contributed by atoms with Crippen molar-refractivity contribution in [3.8, 4) is 0 Å². The van der Waals surface area contributed by atoms with Crippen molar-refractivity contribution in [3.05, 3.63) is 0 Å². The number of nitrogens with zero attached hydrogens (tertiary/aromatic N) is 1. The second kappa shape index (κ2) is 5.55. The van der Waals surface area contributed by atoms with Crippen LogP contribution in [0.3, 0.4) is 0 Å². The van der Waals surface area contributed by atoms with Gasteiger partial charge in [0.05, 0.1) is 0 Å². The van der Waals surface area contributed by atoms with E-state index in [1.807, 2.05) is 0 Å². The molecule has 0 aliphatic heterocycles. The van der Waals surface area contributed by atoms with Crippen LogP contribution in [0.1, 0.15) is 34.1 Å². The van der Waals surface area contributed by atoms with E-state index in [4.69, 9.17) is 5.73 Å². The van der Waals surface area contributed by atoms with Gasteiger partial charge in [0.2, 0.25) is 0 Å². The van der Waals surface area contributed by atoms with E-state index in [-0.39, 0.29) is 6.04 Å². The summed E-state index contributed by atoms with van der Waals surface area (Å²) in [6.07, 6.45) is 1.26. The van der Waals surface area contributed by atoms with Crippen LogP contribution in [0.4, 0.5) is 0 Å². The second-order valence-corrected chi connectivity index (χ2v) is 4.26. The summed E-state index contributed by atoms with van der Waals surface area (Å²) in [5.41, 5.74) is 5.80. The molecule has 0 spiro atoms. The molecule has 2 nitrogen and oxygen atoms in total. The second-order valence-electron chi connectivity index (χ2n) is 4.26. The molecule has 0 aliphatic rings. The Bertz CT molecular complexity index is 110. The monoisotopic (exact) mass is 172 g/mol. The predicted molar refractivity (Wildman–Crippen MR) is 55.2 cm³/mol. The van der Waals surface area contributed by atoms with Gasteiger partial charge in [0.1, 0.15) is 0 Å². The molecule has 0 heterocycles. The Hall–Kier alpha value is -0.0800. The van der Waals surface area contributed by atoms with E-state index in [1.165, 1.54) is 6.42 Å². The highest BCUT2D eigenvalue weighted by atomic mass is 15.1. The van der Waals surface area contributed by atoms with Gasteiger partial charge in [-0.25, -0.2) is 0 Å². The molecule has 2 N–H and O–H groups in total. The van der Waals surface area contributed by atoms with Crippen molar-refractivity contribution in [3.63, 3.8) is 0 Å². The zero-order valence-electron chi connectivity index (χ0n) is 9.17. The minimum Gasteiger partial charge on any atom is -0.327 e. The minimum absolute atomic E-state index is 0.266. The maximum Gasteiger partial charge on any atom is 0.0213 e. The largest absolute Gasteiger partial charge is 0.327 e. The Morgan fingerprint density at radius 2 is 1.67 bits per heavy atom. The van der Waals surface area contributed by atoms with Crippen molar-refractivity contribution >= 4 is 0 Å². The SMILES string of the molecule is CC(C)CCN(C)C(C)C(C)N. The molecule has 0 bridgehead atoms. The van der Waals surface area contributed by atoms with Crippen LogP contribution >= 0.6 is 0 Å². The molecular weight excluding hydrogens is 148 g/mol. The van der Waals surface area contributed by atoms with E-state index < -0.39 is 0 Å². The molecule has 74 valence electrons. The summed E-state index contributed by atoms with van der Waals surface area (Å²) in [6, 6.07) is 0.755. The molecule has 0 aliphatic carbocycles. The lowest BCUT2D eigenvalue weighted by atomic mass is 10.1. The van der Waals surface area contributed by atoms with Crippen molar-refractivity contribution in [1.82, 2.24) is 4.90 Å². The number of rotatable bonds is 5. The maximum absolute atomic E-state index is 5.80. The van der Waals surface area contributed by atoms with Gasteiger partial charge in [0, 0.05) is 12.1 Å². The summed E-state index contributed by atoms with van der Waals surface area (Å²) < 4.78 is 0. The Morgan fingerprint density at radius 1 is 1.17 bits per heavy atom. The predicted octanol–water partition coefficient (Wildman–Crippen LogP) is 1.70.